The second-order valence-corrected chi connectivity index (χ2v) is 5.95. The van der Waals surface area contributed by atoms with Crippen LogP contribution in [0.5, 0.6) is 0 Å². The molecule has 0 aliphatic heterocycles. The minimum atomic E-state index is 0.584. The van der Waals surface area contributed by atoms with Gasteiger partial charge in [0.05, 0.1) is 17.3 Å². The van der Waals surface area contributed by atoms with E-state index < -0.39 is 0 Å². The van der Waals surface area contributed by atoms with Crippen LogP contribution in [0, 0.1) is 5.92 Å². The predicted molar refractivity (Wildman–Crippen MR) is 78.4 cm³/mol. The Bertz CT molecular complexity index is 555. The number of halogens is 2. The maximum atomic E-state index is 6.21. The quantitative estimate of drug-likeness (QED) is 0.906. The molecule has 0 radical (unpaired) electrons. The highest BCUT2D eigenvalue weighted by molar-refractivity contribution is 9.10. The van der Waals surface area contributed by atoms with Crippen LogP contribution in [0.15, 0.2) is 22.7 Å². The number of nitrogens with zero attached hydrogens (tertiary/aromatic N) is 4. The number of benzene rings is 1. The first-order chi connectivity index (χ1) is 9.08. The maximum absolute atomic E-state index is 6.21. The van der Waals surface area contributed by atoms with Crippen LogP contribution >= 0.6 is 27.5 Å². The van der Waals surface area contributed by atoms with Gasteiger partial charge in [0.2, 0.25) is 0 Å². The number of nitrogens with one attached hydrogen (secondary N) is 1. The number of aromatic nitrogens is 4. The van der Waals surface area contributed by atoms with E-state index in [4.69, 9.17) is 11.6 Å². The minimum absolute atomic E-state index is 0.584. The van der Waals surface area contributed by atoms with E-state index in [-0.39, 0.29) is 0 Å². The highest BCUT2D eigenvalue weighted by Crippen LogP contribution is 2.24. The van der Waals surface area contributed by atoms with Crippen LogP contribution in [0.25, 0.3) is 5.69 Å². The second-order valence-electron chi connectivity index (χ2n) is 4.63. The lowest BCUT2D eigenvalue weighted by atomic mass is 10.2. The van der Waals surface area contributed by atoms with E-state index in [2.05, 4.69) is 50.6 Å². The fourth-order valence-electron chi connectivity index (χ4n) is 1.63. The molecule has 0 spiro atoms. The summed E-state index contributed by atoms with van der Waals surface area (Å²) in [6, 6.07) is 5.62. The molecule has 1 aromatic heterocycles. The molecule has 0 saturated carbocycles. The Kier molecular flexibility index (Phi) is 4.90. The van der Waals surface area contributed by atoms with Crippen molar-refractivity contribution in [2.75, 3.05) is 6.54 Å². The Morgan fingerprint density at radius 3 is 2.89 bits per heavy atom. The van der Waals surface area contributed by atoms with E-state index in [9.17, 15) is 0 Å². The Labute approximate surface area is 125 Å². The van der Waals surface area contributed by atoms with E-state index in [1.165, 1.54) is 0 Å². The summed E-state index contributed by atoms with van der Waals surface area (Å²) in [6.45, 7) is 5.83. The van der Waals surface area contributed by atoms with Crippen LogP contribution in [-0.4, -0.2) is 26.8 Å². The van der Waals surface area contributed by atoms with Crippen molar-refractivity contribution < 1.29 is 0 Å². The minimum Gasteiger partial charge on any atom is -0.310 e. The summed E-state index contributed by atoms with van der Waals surface area (Å²) in [6.07, 6.45) is 0. The molecule has 7 heteroatoms. The predicted octanol–water partition coefficient (Wildman–Crippen LogP) is 2.82. The van der Waals surface area contributed by atoms with Crippen molar-refractivity contribution in [2.24, 2.45) is 5.92 Å². The SMILES string of the molecule is CC(C)CNCc1nnnn1-c1ccc(Br)cc1Cl. The molecule has 0 atom stereocenters. The van der Waals surface area contributed by atoms with E-state index in [1.807, 2.05) is 18.2 Å². The van der Waals surface area contributed by atoms with Crippen molar-refractivity contribution in [1.29, 1.82) is 0 Å². The number of tetrazole rings is 1. The summed E-state index contributed by atoms with van der Waals surface area (Å²) in [7, 11) is 0. The van der Waals surface area contributed by atoms with E-state index >= 15 is 0 Å². The molecule has 5 nitrogen and oxygen atoms in total. The van der Waals surface area contributed by atoms with Crippen molar-refractivity contribution in [3.8, 4) is 5.69 Å². The molecule has 2 rings (SSSR count). The summed E-state index contributed by atoms with van der Waals surface area (Å²) in [5.74, 6) is 1.32. The summed E-state index contributed by atoms with van der Waals surface area (Å²) in [5.41, 5.74) is 0.774. The molecular formula is C12H15BrClN5. The van der Waals surface area contributed by atoms with Gasteiger partial charge in [-0.05, 0) is 41.1 Å². The molecule has 2 aromatic rings. The third-order valence-electron chi connectivity index (χ3n) is 2.51. The zero-order valence-corrected chi connectivity index (χ0v) is 13.1. The fraction of sp³-hybridized carbons (Fsp3) is 0.417. The zero-order chi connectivity index (χ0) is 13.8. The molecule has 0 unspecified atom stereocenters. The molecule has 0 fully saturated rings. The highest BCUT2D eigenvalue weighted by Gasteiger charge is 2.11. The molecule has 19 heavy (non-hydrogen) atoms. The van der Waals surface area contributed by atoms with Crippen LogP contribution in [0.3, 0.4) is 0 Å². The lowest BCUT2D eigenvalue weighted by Crippen LogP contribution is -2.21. The van der Waals surface area contributed by atoms with Gasteiger partial charge >= 0.3 is 0 Å². The smallest absolute Gasteiger partial charge is 0.170 e. The second kappa shape index (κ2) is 6.45. The summed E-state index contributed by atoms with van der Waals surface area (Å²) >= 11 is 9.59. The van der Waals surface area contributed by atoms with E-state index in [0.29, 0.717) is 17.5 Å². The van der Waals surface area contributed by atoms with Gasteiger partial charge in [-0.1, -0.05) is 41.4 Å². The highest BCUT2D eigenvalue weighted by atomic mass is 79.9. The number of hydrogen-bond acceptors (Lipinski definition) is 4. The fourth-order valence-corrected chi connectivity index (χ4v) is 2.38. The molecule has 1 heterocycles. The molecule has 0 saturated heterocycles. The molecular weight excluding hydrogens is 330 g/mol. The standard InChI is InChI=1S/C12H15BrClN5/c1-8(2)6-15-7-12-16-17-18-19(12)11-4-3-9(13)5-10(11)14/h3-5,8,15H,6-7H2,1-2H3. The van der Waals surface area contributed by atoms with Crippen LogP contribution in [0.2, 0.25) is 5.02 Å². The number of rotatable bonds is 5. The Morgan fingerprint density at radius 2 is 2.21 bits per heavy atom. The monoisotopic (exact) mass is 343 g/mol. The lowest BCUT2D eigenvalue weighted by molar-refractivity contribution is 0.538. The van der Waals surface area contributed by atoms with Crippen molar-refractivity contribution in [1.82, 2.24) is 25.5 Å². The van der Waals surface area contributed by atoms with E-state index in [0.717, 1.165) is 22.5 Å². The van der Waals surface area contributed by atoms with Crippen molar-refractivity contribution in [3.63, 3.8) is 0 Å². The average molecular weight is 345 g/mol. The van der Waals surface area contributed by atoms with Gasteiger partial charge in [-0.25, -0.2) is 0 Å². The van der Waals surface area contributed by atoms with Crippen LogP contribution in [0.1, 0.15) is 19.7 Å². The van der Waals surface area contributed by atoms with Crippen LogP contribution in [0.4, 0.5) is 0 Å². The third kappa shape index (κ3) is 3.75. The first-order valence-electron chi connectivity index (χ1n) is 6.01. The topological polar surface area (TPSA) is 55.6 Å². The molecule has 102 valence electrons. The van der Waals surface area contributed by atoms with Crippen LogP contribution < -0.4 is 5.32 Å². The van der Waals surface area contributed by atoms with Crippen molar-refractivity contribution in [2.45, 2.75) is 20.4 Å². The van der Waals surface area contributed by atoms with E-state index in [1.54, 1.807) is 4.68 Å². The third-order valence-corrected chi connectivity index (χ3v) is 3.30. The van der Waals surface area contributed by atoms with Gasteiger partial charge in [0.1, 0.15) is 0 Å². The first kappa shape index (κ1) is 14.4. The van der Waals surface area contributed by atoms with Gasteiger partial charge in [0.25, 0.3) is 0 Å². The van der Waals surface area contributed by atoms with Gasteiger partial charge in [-0.3, -0.25) is 0 Å². The Balaban J connectivity index is 2.19. The van der Waals surface area contributed by atoms with Gasteiger partial charge in [-0.2, -0.15) is 4.68 Å². The van der Waals surface area contributed by atoms with Crippen molar-refractivity contribution in [3.05, 3.63) is 33.5 Å². The summed E-state index contributed by atoms with van der Waals surface area (Å²) in [5, 5.41) is 15.6. The first-order valence-corrected chi connectivity index (χ1v) is 7.18. The number of hydrogen-bond donors (Lipinski definition) is 1. The normalized spacial score (nSPS) is 11.2. The largest absolute Gasteiger partial charge is 0.310 e. The Morgan fingerprint density at radius 1 is 1.42 bits per heavy atom. The average Bonchev–Trinajstić information content (AvgIpc) is 2.77. The van der Waals surface area contributed by atoms with Crippen molar-refractivity contribution >= 4 is 27.5 Å². The molecule has 1 aromatic carbocycles. The maximum Gasteiger partial charge on any atom is 0.170 e. The molecule has 0 aliphatic carbocycles. The van der Waals surface area contributed by atoms with Gasteiger partial charge < -0.3 is 5.32 Å². The van der Waals surface area contributed by atoms with Gasteiger partial charge in [0, 0.05) is 4.47 Å². The molecule has 0 bridgehead atoms. The van der Waals surface area contributed by atoms with Crippen LogP contribution in [-0.2, 0) is 6.54 Å². The summed E-state index contributed by atoms with van der Waals surface area (Å²) < 4.78 is 2.58. The Hall–Kier alpha value is -0.980. The molecule has 0 aliphatic rings. The molecule has 1 N–H and O–H groups in total. The molecule has 0 amide bonds. The van der Waals surface area contributed by atoms with Gasteiger partial charge in [0.15, 0.2) is 5.82 Å². The van der Waals surface area contributed by atoms with Gasteiger partial charge in [-0.15, -0.1) is 5.10 Å². The lowest BCUT2D eigenvalue weighted by Gasteiger charge is -2.09. The summed E-state index contributed by atoms with van der Waals surface area (Å²) in [4.78, 5) is 0. The zero-order valence-electron chi connectivity index (χ0n) is 10.8.